The molecule has 2 unspecified atom stereocenters. The first-order valence-corrected chi connectivity index (χ1v) is 6.43. The van der Waals surface area contributed by atoms with Gasteiger partial charge in [0, 0.05) is 13.1 Å². The van der Waals surface area contributed by atoms with Crippen LogP contribution in [0.15, 0.2) is 0 Å². The van der Waals surface area contributed by atoms with Crippen molar-refractivity contribution in [3.8, 4) is 0 Å². The molecule has 86 valence electrons. The Kier molecular flexibility index (Phi) is 7.75. The zero-order chi connectivity index (χ0) is 11.1. The van der Waals surface area contributed by atoms with E-state index in [4.69, 9.17) is 0 Å². The van der Waals surface area contributed by atoms with Crippen molar-refractivity contribution >= 4 is 12.6 Å². The van der Waals surface area contributed by atoms with E-state index in [1.165, 1.54) is 19.5 Å². The van der Waals surface area contributed by atoms with Gasteiger partial charge in [0.1, 0.15) is 0 Å². The molecule has 0 aromatic carbocycles. The molecule has 2 heteroatoms. The monoisotopic (exact) mass is 217 g/mol. The minimum atomic E-state index is 0.729. The molecule has 0 saturated carbocycles. The van der Waals surface area contributed by atoms with Crippen molar-refractivity contribution < 1.29 is 0 Å². The minimum absolute atomic E-state index is 0.729. The van der Waals surface area contributed by atoms with Crippen LogP contribution in [-0.2, 0) is 0 Å². The molecule has 0 spiro atoms. The van der Waals surface area contributed by atoms with Gasteiger partial charge in [-0.1, -0.05) is 34.1 Å². The van der Waals surface area contributed by atoms with Gasteiger partial charge in [-0.2, -0.15) is 12.6 Å². The summed E-state index contributed by atoms with van der Waals surface area (Å²) in [6.45, 7) is 11.6. The quantitative estimate of drug-likeness (QED) is 0.641. The Labute approximate surface area is 95.7 Å². The second-order valence-corrected chi connectivity index (χ2v) is 5.29. The van der Waals surface area contributed by atoms with Crippen molar-refractivity contribution in [1.82, 2.24) is 4.90 Å². The lowest BCUT2D eigenvalue weighted by atomic mass is 9.97. The van der Waals surface area contributed by atoms with E-state index in [0.29, 0.717) is 0 Å². The third kappa shape index (κ3) is 5.92. The van der Waals surface area contributed by atoms with Gasteiger partial charge < -0.3 is 4.90 Å². The van der Waals surface area contributed by atoms with Gasteiger partial charge in [0.25, 0.3) is 0 Å². The molecule has 0 radical (unpaired) electrons. The highest BCUT2D eigenvalue weighted by atomic mass is 32.1. The lowest BCUT2D eigenvalue weighted by Crippen LogP contribution is -2.32. The molecule has 14 heavy (non-hydrogen) atoms. The molecule has 2 atom stereocenters. The molecular formula is C12H27NS. The third-order valence-electron chi connectivity index (χ3n) is 3.04. The average Bonchev–Trinajstić information content (AvgIpc) is 2.13. The molecule has 0 bridgehead atoms. The van der Waals surface area contributed by atoms with E-state index in [1.54, 1.807) is 0 Å². The normalized spacial score (nSPS) is 16.3. The fourth-order valence-electron chi connectivity index (χ4n) is 1.62. The highest BCUT2D eigenvalue weighted by molar-refractivity contribution is 7.80. The topological polar surface area (TPSA) is 3.24 Å². The lowest BCUT2D eigenvalue weighted by molar-refractivity contribution is 0.225. The van der Waals surface area contributed by atoms with Crippen molar-refractivity contribution in [2.45, 2.75) is 34.1 Å². The van der Waals surface area contributed by atoms with Gasteiger partial charge in [0.05, 0.1) is 0 Å². The van der Waals surface area contributed by atoms with Crippen LogP contribution < -0.4 is 0 Å². The van der Waals surface area contributed by atoms with E-state index in [0.717, 1.165) is 23.5 Å². The summed E-state index contributed by atoms with van der Waals surface area (Å²) in [6, 6.07) is 0. The number of hydrogen-bond donors (Lipinski definition) is 1. The predicted molar refractivity (Wildman–Crippen MR) is 69.1 cm³/mol. The number of hydrogen-bond acceptors (Lipinski definition) is 2. The largest absolute Gasteiger partial charge is 0.306 e. The SMILES string of the molecule is CCC(C)CN(C)CC(CS)C(C)C. The van der Waals surface area contributed by atoms with Crippen molar-refractivity contribution in [3.63, 3.8) is 0 Å². The Morgan fingerprint density at radius 1 is 1.14 bits per heavy atom. The van der Waals surface area contributed by atoms with Gasteiger partial charge >= 0.3 is 0 Å². The average molecular weight is 217 g/mol. The summed E-state index contributed by atoms with van der Waals surface area (Å²) in [6.07, 6.45) is 1.28. The molecule has 0 fully saturated rings. The molecule has 0 heterocycles. The van der Waals surface area contributed by atoms with Crippen LogP contribution in [0.5, 0.6) is 0 Å². The van der Waals surface area contributed by atoms with Crippen LogP contribution >= 0.6 is 12.6 Å². The van der Waals surface area contributed by atoms with E-state index < -0.39 is 0 Å². The Hall–Kier alpha value is 0.310. The second kappa shape index (κ2) is 7.58. The molecule has 0 saturated heterocycles. The highest BCUT2D eigenvalue weighted by Gasteiger charge is 2.14. The van der Waals surface area contributed by atoms with Crippen LogP contribution in [0.4, 0.5) is 0 Å². The predicted octanol–water partition coefficient (Wildman–Crippen LogP) is 3.17. The maximum Gasteiger partial charge on any atom is 0.00170 e. The maximum atomic E-state index is 4.42. The molecule has 0 amide bonds. The van der Waals surface area contributed by atoms with Crippen LogP contribution in [0.1, 0.15) is 34.1 Å². The summed E-state index contributed by atoms with van der Waals surface area (Å²) < 4.78 is 0. The third-order valence-corrected chi connectivity index (χ3v) is 3.51. The van der Waals surface area contributed by atoms with Crippen LogP contribution in [0.25, 0.3) is 0 Å². The molecule has 1 nitrogen and oxygen atoms in total. The van der Waals surface area contributed by atoms with Crippen LogP contribution in [0.2, 0.25) is 0 Å². The second-order valence-electron chi connectivity index (χ2n) is 4.92. The van der Waals surface area contributed by atoms with Gasteiger partial charge in [-0.05, 0) is 30.6 Å². The smallest absolute Gasteiger partial charge is 0.00170 e. The van der Waals surface area contributed by atoms with Crippen molar-refractivity contribution in [2.75, 3.05) is 25.9 Å². The first-order chi connectivity index (χ1) is 6.51. The Morgan fingerprint density at radius 3 is 2.07 bits per heavy atom. The first kappa shape index (κ1) is 14.3. The Balaban J connectivity index is 3.84. The zero-order valence-electron chi connectivity index (χ0n) is 10.5. The summed E-state index contributed by atoms with van der Waals surface area (Å²) in [4.78, 5) is 2.45. The van der Waals surface area contributed by atoms with E-state index in [1.807, 2.05) is 0 Å². The standard InChI is InChI=1S/C12H27NS/c1-6-11(4)7-13(5)8-12(9-14)10(2)3/h10-12,14H,6-9H2,1-5H3. The van der Waals surface area contributed by atoms with E-state index in [2.05, 4.69) is 52.3 Å². The lowest BCUT2D eigenvalue weighted by Gasteiger charge is -2.27. The highest BCUT2D eigenvalue weighted by Crippen LogP contribution is 2.14. The fraction of sp³-hybridized carbons (Fsp3) is 1.00. The van der Waals surface area contributed by atoms with Crippen molar-refractivity contribution in [3.05, 3.63) is 0 Å². The Morgan fingerprint density at radius 2 is 1.71 bits per heavy atom. The summed E-state index contributed by atoms with van der Waals surface area (Å²) in [5, 5.41) is 0. The van der Waals surface area contributed by atoms with Gasteiger partial charge in [-0.3, -0.25) is 0 Å². The summed E-state index contributed by atoms with van der Waals surface area (Å²) in [5.74, 6) is 3.29. The van der Waals surface area contributed by atoms with E-state index in [-0.39, 0.29) is 0 Å². The van der Waals surface area contributed by atoms with Gasteiger partial charge in [-0.25, -0.2) is 0 Å². The minimum Gasteiger partial charge on any atom is -0.306 e. The van der Waals surface area contributed by atoms with E-state index in [9.17, 15) is 0 Å². The fourth-order valence-corrected chi connectivity index (χ4v) is 2.15. The maximum absolute atomic E-state index is 4.42. The number of rotatable bonds is 7. The molecule has 0 aromatic rings. The summed E-state index contributed by atoms with van der Waals surface area (Å²) in [7, 11) is 2.23. The summed E-state index contributed by atoms with van der Waals surface area (Å²) in [5.41, 5.74) is 0. The van der Waals surface area contributed by atoms with Crippen LogP contribution in [0.3, 0.4) is 0 Å². The van der Waals surface area contributed by atoms with E-state index >= 15 is 0 Å². The number of thiol groups is 1. The molecule has 0 aromatic heterocycles. The Bertz CT molecular complexity index is 136. The van der Waals surface area contributed by atoms with Gasteiger partial charge in [-0.15, -0.1) is 0 Å². The van der Waals surface area contributed by atoms with Gasteiger partial charge in [0.15, 0.2) is 0 Å². The number of nitrogens with zero attached hydrogens (tertiary/aromatic N) is 1. The van der Waals surface area contributed by atoms with Crippen LogP contribution in [0, 0.1) is 17.8 Å². The first-order valence-electron chi connectivity index (χ1n) is 5.80. The molecule has 0 aliphatic heterocycles. The zero-order valence-corrected chi connectivity index (χ0v) is 11.3. The van der Waals surface area contributed by atoms with Gasteiger partial charge in [0.2, 0.25) is 0 Å². The molecule has 0 rings (SSSR count). The molecule has 0 N–H and O–H groups in total. The van der Waals surface area contributed by atoms with Crippen molar-refractivity contribution in [1.29, 1.82) is 0 Å². The van der Waals surface area contributed by atoms with Crippen LogP contribution in [-0.4, -0.2) is 30.8 Å². The summed E-state index contributed by atoms with van der Waals surface area (Å²) >= 11 is 4.42. The molecule has 0 aliphatic rings. The molecule has 0 aliphatic carbocycles. The van der Waals surface area contributed by atoms with Crippen molar-refractivity contribution in [2.24, 2.45) is 17.8 Å². The molecular weight excluding hydrogens is 190 g/mol.